The van der Waals surface area contributed by atoms with Crippen LogP contribution in [0.3, 0.4) is 0 Å². The van der Waals surface area contributed by atoms with Gasteiger partial charge in [0.2, 0.25) is 23.6 Å². The summed E-state index contributed by atoms with van der Waals surface area (Å²) in [6.45, 7) is 3.51. The van der Waals surface area contributed by atoms with Gasteiger partial charge in [-0.3, -0.25) is 29.0 Å². The van der Waals surface area contributed by atoms with Crippen LogP contribution in [-0.2, 0) is 28.8 Å². The lowest BCUT2D eigenvalue weighted by atomic mass is 10.0. The number of hydrogen-bond acceptors (Lipinski definition) is 8. The van der Waals surface area contributed by atoms with E-state index >= 15 is 0 Å². The van der Waals surface area contributed by atoms with Crippen LogP contribution in [0.15, 0.2) is 4.99 Å². The van der Waals surface area contributed by atoms with E-state index < -0.39 is 72.1 Å². The third-order valence-corrected chi connectivity index (χ3v) is 4.86. The number of nitrogens with two attached hydrogens (primary N) is 4. The topological polar surface area (TPSA) is 295 Å². The fourth-order valence-electron chi connectivity index (χ4n) is 2.91. The second kappa shape index (κ2) is 15.9. The van der Waals surface area contributed by atoms with Crippen molar-refractivity contribution in [3.05, 3.63) is 0 Å². The molecule has 0 saturated carbocycles. The molecule has 0 fully saturated rings. The van der Waals surface area contributed by atoms with Crippen LogP contribution >= 0.6 is 0 Å². The summed E-state index contributed by atoms with van der Waals surface area (Å²) in [4.78, 5) is 75.2. The Labute approximate surface area is 207 Å². The molecule has 0 radical (unpaired) electrons. The molecule has 4 unspecified atom stereocenters. The first-order valence-corrected chi connectivity index (χ1v) is 11.1. The van der Waals surface area contributed by atoms with Gasteiger partial charge in [0.1, 0.15) is 18.1 Å². The number of nitrogens with zero attached hydrogens (tertiary/aromatic N) is 1. The lowest BCUT2D eigenvalue weighted by Gasteiger charge is -2.26. The van der Waals surface area contributed by atoms with Gasteiger partial charge in [0, 0.05) is 13.0 Å². The van der Waals surface area contributed by atoms with E-state index in [0.29, 0.717) is 6.42 Å². The lowest BCUT2D eigenvalue weighted by Crippen LogP contribution is -2.58. The predicted molar refractivity (Wildman–Crippen MR) is 127 cm³/mol. The maximum atomic E-state index is 12.9. The van der Waals surface area contributed by atoms with Crippen molar-refractivity contribution >= 4 is 41.5 Å². The Balaban J connectivity index is 5.41. The number of nitrogens with one attached hydrogen (secondary N) is 3. The Morgan fingerprint density at radius 1 is 0.833 bits per heavy atom. The maximum absolute atomic E-state index is 12.9. The number of rotatable bonds is 17. The molecular weight excluding hydrogens is 480 g/mol. The molecule has 0 heterocycles. The van der Waals surface area contributed by atoms with E-state index in [1.54, 1.807) is 13.8 Å². The Morgan fingerprint density at radius 3 is 1.89 bits per heavy atom. The van der Waals surface area contributed by atoms with E-state index in [2.05, 4.69) is 15.6 Å². The average Bonchev–Trinajstić information content (AvgIpc) is 2.75. The van der Waals surface area contributed by atoms with Crippen LogP contribution in [0.1, 0.15) is 46.0 Å². The molecule has 0 aliphatic rings. The van der Waals surface area contributed by atoms with E-state index in [0.717, 1.165) is 0 Å². The Hall–Kier alpha value is -3.95. The zero-order valence-corrected chi connectivity index (χ0v) is 20.2. The van der Waals surface area contributed by atoms with Crippen LogP contribution in [-0.4, -0.2) is 82.5 Å². The predicted octanol–water partition coefficient (Wildman–Crippen LogP) is -3.70. The van der Waals surface area contributed by atoms with Gasteiger partial charge in [-0.05, 0) is 25.2 Å². The fraction of sp³-hybridized carbons (Fsp3) is 0.650. The van der Waals surface area contributed by atoms with Gasteiger partial charge in [0.05, 0.1) is 12.5 Å². The number of carboxylic acid groups (broad SMARTS) is 2. The SMILES string of the molecule is CC(C)C(NC(=O)C(N)CCCN=C(N)N)C(=O)NC(CCC(N)=O)C(=O)NC(CC(=O)O)C(=O)O. The van der Waals surface area contributed by atoms with Gasteiger partial charge in [-0.25, -0.2) is 4.79 Å². The number of primary amides is 1. The molecule has 4 amide bonds. The molecular formula is C20H36N8O8. The Bertz CT molecular complexity index is 844. The zero-order chi connectivity index (χ0) is 28.0. The highest BCUT2D eigenvalue weighted by Crippen LogP contribution is 2.07. The number of carbonyl (C=O) groups is 6. The van der Waals surface area contributed by atoms with E-state index in [1.165, 1.54) is 0 Å². The van der Waals surface area contributed by atoms with Crippen molar-refractivity contribution in [3.63, 3.8) is 0 Å². The first-order valence-electron chi connectivity index (χ1n) is 11.1. The summed E-state index contributed by atoms with van der Waals surface area (Å²) in [7, 11) is 0. The van der Waals surface area contributed by atoms with Gasteiger partial charge in [0.15, 0.2) is 5.96 Å². The first kappa shape index (κ1) is 32.0. The number of guanidine groups is 1. The number of amides is 4. The molecule has 0 aromatic rings. The smallest absolute Gasteiger partial charge is 0.326 e. The second-order valence-corrected chi connectivity index (χ2v) is 8.35. The molecule has 0 spiro atoms. The van der Waals surface area contributed by atoms with Crippen molar-refractivity contribution in [2.45, 2.75) is 70.1 Å². The van der Waals surface area contributed by atoms with Crippen LogP contribution in [0.2, 0.25) is 0 Å². The molecule has 0 rings (SSSR count). The third-order valence-electron chi connectivity index (χ3n) is 4.86. The van der Waals surface area contributed by atoms with Gasteiger partial charge in [-0.15, -0.1) is 0 Å². The molecule has 0 bridgehead atoms. The summed E-state index contributed by atoms with van der Waals surface area (Å²) in [5.74, 6) is -6.91. The highest BCUT2D eigenvalue weighted by molar-refractivity contribution is 5.95. The van der Waals surface area contributed by atoms with E-state index in [1.807, 2.05) is 5.32 Å². The van der Waals surface area contributed by atoms with Crippen LogP contribution in [0, 0.1) is 5.92 Å². The highest BCUT2D eigenvalue weighted by Gasteiger charge is 2.32. The van der Waals surface area contributed by atoms with Gasteiger partial charge >= 0.3 is 11.9 Å². The second-order valence-electron chi connectivity index (χ2n) is 8.35. The molecule has 204 valence electrons. The molecule has 0 aliphatic heterocycles. The molecule has 16 heteroatoms. The van der Waals surface area contributed by atoms with E-state index in [4.69, 9.17) is 33.1 Å². The van der Waals surface area contributed by atoms with Crippen LogP contribution < -0.4 is 38.9 Å². The first-order chi connectivity index (χ1) is 16.6. The van der Waals surface area contributed by atoms with Crippen molar-refractivity contribution in [3.8, 4) is 0 Å². The third kappa shape index (κ3) is 13.1. The number of aliphatic imine (C=N–C) groups is 1. The molecule has 4 atom stereocenters. The summed E-state index contributed by atoms with van der Waals surface area (Å²) >= 11 is 0. The Morgan fingerprint density at radius 2 is 1.42 bits per heavy atom. The molecule has 0 aromatic carbocycles. The van der Waals surface area contributed by atoms with Crippen LogP contribution in [0.4, 0.5) is 0 Å². The van der Waals surface area contributed by atoms with Gasteiger partial charge in [-0.2, -0.15) is 0 Å². The quantitative estimate of drug-likeness (QED) is 0.0514. The number of carboxylic acids is 2. The minimum absolute atomic E-state index is 0.0999. The summed E-state index contributed by atoms with van der Waals surface area (Å²) in [6, 6.07) is -5.33. The minimum atomic E-state index is -1.78. The van der Waals surface area contributed by atoms with Crippen molar-refractivity contribution in [1.82, 2.24) is 16.0 Å². The van der Waals surface area contributed by atoms with Crippen molar-refractivity contribution in [2.24, 2.45) is 33.8 Å². The number of aliphatic carboxylic acids is 2. The molecule has 0 aromatic heterocycles. The monoisotopic (exact) mass is 516 g/mol. The summed E-state index contributed by atoms with van der Waals surface area (Å²) in [5.41, 5.74) is 21.4. The summed E-state index contributed by atoms with van der Waals surface area (Å²) in [5, 5.41) is 24.9. The van der Waals surface area contributed by atoms with Crippen molar-refractivity contribution < 1.29 is 39.0 Å². The van der Waals surface area contributed by atoms with E-state index in [-0.39, 0.29) is 31.8 Å². The number of hydrogen-bond donors (Lipinski definition) is 9. The lowest BCUT2D eigenvalue weighted by molar-refractivity contribution is -0.147. The van der Waals surface area contributed by atoms with Gasteiger partial charge in [0.25, 0.3) is 0 Å². The molecule has 16 nitrogen and oxygen atoms in total. The van der Waals surface area contributed by atoms with Crippen LogP contribution in [0.25, 0.3) is 0 Å². The van der Waals surface area contributed by atoms with Crippen molar-refractivity contribution in [2.75, 3.05) is 6.54 Å². The summed E-state index contributed by atoms with van der Waals surface area (Å²) in [6.07, 6.45) is -0.923. The van der Waals surface area contributed by atoms with Gasteiger partial charge in [-0.1, -0.05) is 13.8 Å². The minimum Gasteiger partial charge on any atom is -0.481 e. The summed E-state index contributed by atoms with van der Waals surface area (Å²) < 4.78 is 0. The molecule has 36 heavy (non-hydrogen) atoms. The normalized spacial score (nSPS) is 14.0. The van der Waals surface area contributed by atoms with Gasteiger partial charge < -0.3 is 49.1 Å². The number of carbonyl (C=O) groups excluding carboxylic acids is 4. The zero-order valence-electron chi connectivity index (χ0n) is 20.2. The standard InChI is InChI=1S/C20H36N8O8/c1-9(2)15(28-16(32)10(21)4-3-7-25-20(23)24)18(34)26-11(5-6-13(22)29)17(33)27-12(19(35)36)8-14(30)31/h9-12,15H,3-8,21H2,1-2H3,(H2,22,29)(H,26,34)(H,27,33)(H,28,32)(H,30,31)(H,35,36)(H4,23,24,25). The van der Waals surface area contributed by atoms with E-state index in [9.17, 15) is 28.8 Å². The Kier molecular flexibility index (Phi) is 14.1. The van der Waals surface area contributed by atoms with Crippen LogP contribution in [0.5, 0.6) is 0 Å². The average molecular weight is 517 g/mol. The maximum Gasteiger partial charge on any atom is 0.326 e. The molecule has 0 aliphatic carbocycles. The highest BCUT2D eigenvalue weighted by atomic mass is 16.4. The largest absolute Gasteiger partial charge is 0.481 e. The molecule has 0 saturated heterocycles. The molecule has 13 N–H and O–H groups in total. The fourth-order valence-corrected chi connectivity index (χ4v) is 2.91. The van der Waals surface area contributed by atoms with Crippen molar-refractivity contribution in [1.29, 1.82) is 0 Å².